The van der Waals surface area contributed by atoms with Crippen molar-refractivity contribution in [1.29, 1.82) is 0 Å². The summed E-state index contributed by atoms with van der Waals surface area (Å²) < 4.78 is 48.1. The molecule has 0 unspecified atom stereocenters. The highest BCUT2D eigenvalue weighted by atomic mass is 19.4. The lowest BCUT2D eigenvalue weighted by molar-refractivity contribution is -0.498. The van der Waals surface area contributed by atoms with Crippen LogP contribution in [0.25, 0.3) is 10.9 Å². The molecule has 2 aromatic carbocycles. The molecule has 136 valence electrons. The molecule has 1 aromatic heterocycles. The molecule has 0 aliphatic rings. The summed E-state index contributed by atoms with van der Waals surface area (Å²) in [4.78, 5) is 13.1. The summed E-state index contributed by atoms with van der Waals surface area (Å²) in [5.41, 5.74) is -2.74. The number of alkyl halides is 3. The molecule has 0 aliphatic heterocycles. The van der Waals surface area contributed by atoms with E-state index in [1.807, 2.05) is 0 Å². The number of nitro groups is 1. The Balaban J connectivity index is 2.39. The SMILES string of the molecule is COc1ccc2[nH]cc([C@@](C[N+](=O)[O-])(c3ccccc3)C(F)(F)F)c2c1. The zero-order chi connectivity index (χ0) is 18.9. The van der Waals surface area contributed by atoms with E-state index in [2.05, 4.69) is 4.98 Å². The van der Waals surface area contributed by atoms with E-state index in [9.17, 15) is 23.3 Å². The van der Waals surface area contributed by atoms with Crippen molar-refractivity contribution in [2.45, 2.75) is 11.6 Å². The highest BCUT2D eigenvalue weighted by molar-refractivity contribution is 5.86. The van der Waals surface area contributed by atoms with Crippen LogP contribution >= 0.6 is 0 Å². The molecule has 3 rings (SSSR count). The van der Waals surface area contributed by atoms with Crippen LogP contribution < -0.4 is 4.74 Å². The number of fused-ring (bicyclic) bond motifs is 1. The van der Waals surface area contributed by atoms with Crippen LogP contribution in [0.1, 0.15) is 11.1 Å². The van der Waals surface area contributed by atoms with Gasteiger partial charge in [-0.05, 0) is 23.8 Å². The molecular weight excluding hydrogens is 349 g/mol. The summed E-state index contributed by atoms with van der Waals surface area (Å²) in [6, 6.07) is 11.6. The Hall–Kier alpha value is -3.03. The van der Waals surface area contributed by atoms with Gasteiger partial charge in [0.05, 0.1) is 7.11 Å². The third-order valence-electron chi connectivity index (χ3n) is 4.47. The van der Waals surface area contributed by atoms with Crippen LogP contribution in [0.15, 0.2) is 54.7 Å². The smallest absolute Gasteiger partial charge is 0.408 e. The average Bonchev–Trinajstić information content (AvgIpc) is 3.02. The van der Waals surface area contributed by atoms with Crippen molar-refractivity contribution in [3.05, 3.63) is 76.0 Å². The minimum atomic E-state index is -4.89. The third-order valence-corrected chi connectivity index (χ3v) is 4.47. The largest absolute Gasteiger partial charge is 0.497 e. The number of rotatable bonds is 5. The van der Waals surface area contributed by atoms with Gasteiger partial charge in [-0.15, -0.1) is 0 Å². The topological polar surface area (TPSA) is 68.2 Å². The summed E-state index contributed by atoms with van der Waals surface area (Å²) in [6.07, 6.45) is -3.70. The molecule has 26 heavy (non-hydrogen) atoms. The van der Waals surface area contributed by atoms with Gasteiger partial charge in [-0.25, -0.2) is 0 Å². The maximum absolute atomic E-state index is 14.3. The van der Waals surface area contributed by atoms with Crippen molar-refractivity contribution in [3.63, 3.8) is 0 Å². The fourth-order valence-electron chi connectivity index (χ4n) is 3.23. The first-order chi connectivity index (χ1) is 12.3. The fraction of sp³-hybridized carbons (Fsp3) is 0.222. The minimum absolute atomic E-state index is 0.187. The molecule has 8 heteroatoms. The zero-order valence-corrected chi connectivity index (χ0v) is 13.7. The van der Waals surface area contributed by atoms with E-state index in [4.69, 9.17) is 4.74 Å². The third kappa shape index (κ3) is 2.77. The number of halogens is 3. The number of ether oxygens (including phenoxy) is 1. The Morgan fingerprint density at radius 2 is 1.85 bits per heavy atom. The molecule has 1 N–H and O–H groups in total. The number of hydrogen-bond acceptors (Lipinski definition) is 3. The van der Waals surface area contributed by atoms with Crippen LogP contribution in [-0.2, 0) is 5.41 Å². The van der Waals surface area contributed by atoms with E-state index in [0.29, 0.717) is 11.3 Å². The molecule has 0 saturated heterocycles. The van der Waals surface area contributed by atoms with Crippen molar-refractivity contribution >= 4 is 10.9 Å². The Bertz CT molecular complexity index is 938. The molecule has 3 aromatic rings. The first-order valence-electron chi connectivity index (χ1n) is 7.69. The maximum Gasteiger partial charge on any atom is 0.408 e. The summed E-state index contributed by atoms with van der Waals surface area (Å²) in [5.74, 6) is 0.364. The number of H-pyrrole nitrogens is 1. The predicted octanol–water partition coefficient (Wildman–Crippen LogP) is 4.30. The molecule has 1 atom stereocenters. The van der Waals surface area contributed by atoms with Gasteiger partial charge in [0, 0.05) is 27.6 Å². The Kier molecular flexibility index (Phi) is 4.35. The lowest BCUT2D eigenvalue weighted by atomic mass is 9.73. The summed E-state index contributed by atoms with van der Waals surface area (Å²) in [6.45, 7) is -1.31. The van der Waals surface area contributed by atoms with E-state index in [1.54, 1.807) is 18.2 Å². The number of aromatic nitrogens is 1. The normalized spacial score (nSPS) is 14.2. The van der Waals surface area contributed by atoms with Crippen molar-refractivity contribution < 1.29 is 22.8 Å². The van der Waals surface area contributed by atoms with Gasteiger partial charge in [-0.3, -0.25) is 10.1 Å². The second kappa shape index (κ2) is 6.36. The molecular formula is C18H15F3N2O3. The van der Waals surface area contributed by atoms with Crippen molar-refractivity contribution in [2.24, 2.45) is 0 Å². The first-order valence-corrected chi connectivity index (χ1v) is 7.69. The van der Waals surface area contributed by atoms with Crippen molar-refractivity contribution in [1.82, 2.24) is 4.98 Å². The zero-order valence-electron chi connectivity index (χ0n) is 13.7. The molecule has 0 saturated carbocycles. The Morgan fingerprint density at radius 3 is 2.42 bits per heavy atom. The number of hydrogen-bond donors (Lipinski definition) is 1. The molecule has 0 amide bonds. The molecule has 1 heterocycles. The Morgan fingerprint density at radius 1 is 1.15 bits per heavy atom. The lowest BCUT2D eigenvalue weighted by Crippen LogP contribution is -2.48. The summed E-state index contributed by atoms with van der Waals surface area (Å²) in [7, 11) is 1.40. The second-order valence-corrected chi connectivity index (χ2v) is 5.87. The minimum Gasteiger partial charge on any atom is -0.497 e. The van der Waals surface area contributed by atoms with Crippen LogP contribution in [0.4, 0.5) is 13.2 Å². The average molecular weight is 364 g/mol. The number of benzene rings is 2. The van der Waals surface area contributed by atoms with Crippen LogP contribution in [0, 0.1) is 10.1 Å². The lowest BCUT2D eigenvalue weighted by Gasteiger charge is -2.32. The predicted molar refractivity (Wildman–Crippen MR) is 90.0 cm³/mol. The van der Waals surface area contributed by atoms with E-state index in [-0.39, 0.29) is 16.5 Å². The van der Waals surface area contributed by atoms with Crippen LogP contribution in [0.3, 0.4) is 0 Å². The summed E-state index contributed by atoms with van der Waals surface area (Å²) >= 11 is 0. The quantitative estimate of drug-likeness (QED) is 0.542. The number of nitrogens with one attached hydrogen (secondary N) is 1. The molecule has 0 bridgehead atoms. The van der Waals surface area contributed by atoms with Gasteiger partial charge in [0.1, 0.15) is 5.75 Å². The molecule has 0 aliphatic carbocycles. The van der Waals surface area contributed by atoms with Crippen molar-refractivity contribution in [3.8, 4) is 5.75 Å². The van der Waals surface area contributed by atoms with Gasteiger partial charge >= 0.3 is 6.18 Å². The molecule has 0 fully saturated rings. The fourth-order valence-corrected chi connectivity index (χ4v) is 3.23. The summed E-state index contributed by atoms with van der Waals surface area (Å²) in [5, 5.41) is 11.5. The van der Waals surface area contributed by atoms with Gasteiger partial charge in [0.15, 0.2) is 5.41 Å². The van der Waals surface area contributed by atoms with Crippen molar-refractivity contribution in [2.75, 3.05) is 13.7 Å². The second-order valence-electron chi connectivity index (χ2n) is 5.87. The Labute approximate surface area is 146 Å². The van der Waals surface area contributed by atoms with Gasteiger partial charge in [0.2, 0.25) is 6.54 Å². The molecule has 0 radical (unpaired) electrons. The van der Waals surface area contributed by atoms with E-state index >= 15 is 0 Å². The monoisotopic (exact) mass is 364 g/mol. The van der Waals surface area contributed by atoms with Gasteiger partial charge < -0.3 is 9.72 Å². The highest BCUT2D eigenvalue weighted by Gasteiger charge is 2.61. The van der Waals surface area contributed by atoms with E-state index in [0.717, 1.165) is 0 Å². The first kappa shape index (κ1) is 17.8. The van der Waals surface area contributed by atoms with E-state index in [1.165, 1.54) is 43.6 Å². The molecule has 0 spiro atoms. The van der Waals surface area contributed by atoms with Crippen LogP contribution in [-0.4, -0.2) is 29.7 Å². The standard InChI is InChI=1S/C18H15F3N2O3/c1-26-13-7-8-16-14(9-13)15(10-22-16)17(11-23(24)25,18(19,20)21)12-5-3-2-4-6-12/h2-10,22H,11H2,1H3/t17-/m1/s1. The van der Waals surface area contributed by atoms with E-state index < -0.39 is 23.1 Å². The highest BCUT2D eigenvalue weighted by Crippen LogP contribution is 2.49. The van der Waals surface area contributed by atoms with Gasteiger partial charge in [-0.2, -0.15) is 13.2 Å². The number of aromatic amines is 1. The van der Waals surface area contributed by atoms with Crippen LogP contribution in [0.5, 0.6) is 5.75 Å². The van der Waals surface area contributed by atoms with Crippen LogP contribution in [0.2, 0.25) is 0 Å². The van der Waals surface area contributed by atoms with Gasteiger partial charge in [-0.1, -0.05) is 30.3 Å². The van der Waals surface area contributed by atoms with Gasteiger partial charge in [0.25, 0.3) is 0 Å². The molecule has 5 nitrogen and oxygen atoms in total. The number of nitrogens with zero attached hydrogens (tertiary/aromatic N) is 1. The number of methoxy groups -OCH3 is 1. The maximum atomic E-state index is 14.3.